The van der Waals surface area contributed by atoms with E-state index in [1.165, 1.54) is 0 Å². The molecule has 1 aliphatic rings. The summed E-state index contributed by atoms with van der Waals surface area (Å²) < 4.78 is 11.6. The first-order valence-corrected chi connectivity index (χ1v) is 8.56. The molecular weight excluding hydrogens is 382 g/mol. The minimum atomic E-state index is -0.0755. The van der Waals surface area contributed by atoms with Gasteiger partial charge in [-0.05, 0) is 58.4 Å². The SMILES string of the molecule is O=C(c1ccc2c(c1)OCO2)c1ccccc1Nc1ccccc1Br. The van der Waals surface area contributed by atoms with Crippen molar-refractivity contribution in [3.05, 3.63) is 82.3 Å². The molecule has 3 aromatic carbocycles. The van der Waals surface area contributed by atoms with Crippen molar-refractivity contribution in [2.75, 3.05) is 12.1 Å². The number of nitrogens with one attached hydrogen (secondary N) is 1. The number of hydrogen-bond acceptors (Lipinski definition) is 4. The monoisotopic (exact) mass is 395 g/mol. The van der Waals surface area contributed by atoms with Crippen LogP contribution in [-0.4, -0.2) is 12.6 Å². The van der Waals surface area contributed by atoms with Crippen LogP contribution >= 0.6 is 15.9 Å². The van der Waals surface area contributed by atoms with Crippen LogP contribution in [0.4, 0.5) is 11.4 Å². The molecule has 0 unspecified atom stereocenters. The van der Waals surface area contributed by atoms with Gasteiger partial charge in [0.15, 0.2) is 17.3 Å². The molecule has 25 heavy (non-hydrogen) atoms. The predicted molar refractivity (Wildman–Crippen MR) is 99.9 cm³/mol. The van der Waals surface area contributed by atoms with E-state index < -0.39 is 0 Å². The number of fused-ring (bicyclic) bond motifs is 1. The summed E-state index contributed by atoms with van der Waals surface area (Å²) in [4.78, 5) is 13.0. The van der Waals surface area contributed by atoms with Crippen LogP contribution in [0.15, 0.2) is 71.2 Å². The lowest BCUT2D eigenvalue weighted by atomic mass is 10.0. The summed E-state index contributed by atoms with van der Waals surface area (Å²) in [6.45, 7) is 0.188. The van der Waals surface area contributed by atoms with Crippen LogP contribution in [0, 0.1) is 0 Å². The van der Waals surface area contributed by atoms with E-state index in [1.807, 2.05) is 48.5 Å². The Morgan fingerprint density at radius 1 is 0.880 bits per heavy atom. The fourth-order valence-corrected chi connectivity index (χ4v) is 3.07. The third-order valence-electron chi connectivity index (χ3n) is 3.95. The van der Waals surface area contributed by atoms with Gasteiger partial charge in [0, 0.05) is 21.3 Å². The topological polar surface area (TPSA) is 47.6 Å². The van der Waals surface area contributed by atoms with Gasteiger partial charge in [-0.25, -0.2) is 0 Å². The van der Waals surface area contributed by atoms with Crippen LogP contribution in [0.1, 0.15) is 15.9 Å². The van der Waals surface area contributed by atoms with Crippen molar-refractivity contribution in [3.8, 4) is 11.5 Å². The normalized spacial score (nSPS) is 12.0. The van der Waals surface area contributed by atoms with E-state index in [-0.39, 0.29) is 12.6 Å². The Balaban J connectivity index is 1.69. The highest BCUT2D eigenvalue weighted by Crippen LogP contribution is 2.34. The number of rotatable bonds is 4. The molecule has 1 aliphatic heterocycles. The zero-order chi connectivity index (χ0) is 17.2. The molecule has 0 radical (unpaired) electrons. The molecule has 1 heterocycles. The molecule has 0 bridgehead atoms. The molecule has 0 fully saturated rings. The summed E-state index contributed by atoms with van der Waals surface area (Å²) >= 11 is 3.52. The first-order valence-electron chi connectivity index (χ1n) is 7.77. The predicted octanol–water partition coefficient (Wildman–Crippen LogP) is 5.15. The zero-order valence-electron chi connectivity index (χ0n) is 13.2. The Hall–Kier alpha value is -2.79. The molecule has 0 aromatic heterocycles. The maximum Gasteiger partial charge on any atom is 0.231 e. The highest BCUT2D eigenvalue weighted by molar-refractivity contribution is 9.10. The zero-order valence-corrected chi connectivity index (χ0v) is 14.7. The molecule has 3 aromatic rings. The fourth-order valence-electron chi connectivity index (χ4n) is 2.69. The second-order valence-corrected chi connectivity index (χ2v) is 6.40. The first-order chi connectivity index (χ1) is 12.2. The van der Waals surface area contributed by atoms with Crippen LogP contribution < -0.4 is 14.8 Å². The van der Waals surface area contributed by atoms with Gasteiger partial charge in [0.1, 0.15) is 0 Å². The minimum absolute atomic E-state index is 0.0755. The largest absolute Gasteiger partial charge is 0.454 e. The average Bonchev–Trinajstić information content (AvgIpc) is 3.11. The van der Waals surface area contributed by atoms with E-state index >= 15 is 0 Å². The second-order valence-electron chi connectivity index (χ2n) is 5.55. The van der Waals surface area contributed by atoms with Gasteiger partial charge in [-0.1, -0.05) is 24.3 Å². The van der Waals surface area contributed by atoms with E-state index in [9.17, 15) is 4.79 Å². The first kappa shape index (κ1) is 15.7. The lowest BCUT2D eigenvalue weighted by Crippen LogP contribution is -2.05. The van der Waals surface area contributed by atoms with Crippen molar-refractivity contribution in [2.24, 2.45) is 0 Å². The van der Waals surface area contributed by atoms with E-state index in [4.69, 9.17) is 9.47 Å². The molecule has 4 nitrogen and oxygen atoms in total. The van der Waals surface area contributed by atoms with Crippen LogP contribution in [0.25, 0.3) is 0 Å². The van der Waals surface area contributed by atoms with E-state index in [2.05, 4.69) is 21.2 Å². The molecule has 4 rings (SSSR count). The molecule has 1 N–H and O–H groups in total. The summed E-state index contributed by atoms with van der Waals surface area (Å²) in [7, 11) is 0. The number of benzene rings is 3. The molecule has 0 aliphatic carbocycles. The number of carbonyl (C=O) groups excluding carboxylic acids is 1. The maximum absolute atomic E-state index is 13.0. The van der Waals surface area contributed by atoms with E-state index in [0.29, 0.717) is 22.6 Å². The summed E-state index contributed by atoms with van der Waals surface area (Å²) in [5.41, 5.74) is 2.80. The molecule has 0 saturated heterocycles. The van der Waals surface area contributed by atoms with Crippen molar-refractivity contribution in [3.63, 3.8) is 0 Å². The van der Waals surface area contributed by atoms with Gasteiger partial charge in [-0.15, -0.1) is 0 Å². The Bertz CT molecular complexity index is 955. The number of hydrogen-bond donors (Lipinski definition) is 1. The van der Waals surface area contributed by atoms with Gasteiger partial charge >= 0.3 is 0 Å². The van der Waals surface area contributed by atoms with E-state index in [0.717, 1.165) is 15.8 Å². The number of anilines is 2. The molecule has 124 valence electrons. The van der Waals surface area contributed by atoms with Crippen molar-refractivity contribution < 1.29 is 14.3 Å². The molecule has 0 amide bonds. The van der Waals surface area contributed by atoms with Gasteiger partial charge in [0.05, 0.1) is 5.69 Å². The van der Waals surface area contributed by atoms with Crippen LogP contribution in [0.3, 0.4) is 0 Å². The smallest absolute Gasteiger partial charge is 0.231 e. The number of ether oxygens (including phenoxy) is 2. The van der Waals surface area contributed by atoms with Gasteiger partial charge in [0.2, 0.25) is 6.79 Å². The average molecular weight is 396 g/mol. The number of ketones is 1. The Morgan fingerprint density at radius 3 is 2.44 bits per heavy atom. The van der Waals surface area contributed by atoms with Crippen LogP contribution in [-0.2, 0) is 0 Å². The molecule has 0 spiro atoms. The molecule has 0 atom stereocenters. The molecule has 5 heteroatoms. The minimum Gasteiger partial charge on any atom is -0.454 e. The van der Waals surface area contributed by atoms with Crippen molar-refractivity contribution >= 4 is 33.1 Å². The Kier molecular flexibility index (Phi) is 4.15. The van der Waals surface area contributed by atoms with Gasteiger partial charge < -0.3 is 14.8 Å². The third-order valence-corrected chi connectivity index (χ3v) is 4.64. The van der Waals surface area contributed by atoms with E-state index in [1.54, 1.807) is 18.2 Å². The third kappa shape index (κ3) is 3.10. The second kappa shape index (κ2) is 6.61. The molecule has 0 saturated carbocycles. The highest BCUT2D eigenvalue weighted by Gasteiger charge is 2.19. The van der Waals surface area contributed by atoms with Gasteiger partial charge in [-0.3, -0.25) is 4.79 Å². The van der Waals surface area contributed by atoms with Crippen molar-refractivity contribution in [1.29, 1.82) is 0 Å². The summed E-state index contributed by atoms with van der Waals surface area (Å²) in [6, 6.07) is 20.5. The number of carbonyl (C=O) groups is 1. The summed E-state index contributed by atoms with van der Waals surface area (Å²) in [6.07, 6.45) is 0. The fraction of sp³-hybridized carbons (Fsp3) is 0.0500. The van der Waals surface area contributed by atoms with Crippen LogP contribution in [0.5, 0.6) is 11.5 Å². The Morgan fingerprint density at radius 2 is 1.60 bits per heavy atom. The van der Waals surface area contributed by atoms with Crippen molar-refractivity contribution in [2.45, 2.75) is 0 Å². The van der Waals surface area contributed by atoms with Gasteiger partial charge in [0.25, 0.3) is 0 Å². The highest BCUT2D eigenvalue weighted by atomic mass is 79.9. The van der Waals surface area contributed by atoms with Crippen LogP contribution in [0.2, 0.25) is 0 Å². The summed E-state index contributed by atoms with van der Waals surface area (Å²) in [5, 5.41) is 3.32. The Labute approximate surface area is 153 Å². The van der Waals surface area contributed by atoms with Gasteiger partial charge in [-0.2, -0.15) is 0 Å². The lowest BCUT2D eigenvalue weighted by Gasteiger charge is -2.13. The number of para-hydroxylation sites is 2. The molecular formula is C20H14BrNO3. The summed E-state index contributed by atoms with van der Waals surface area (Å²) in [5.74, 6) is 1.19. The van der Waals surface area contributed by atoms with Crippen molar-refractivity contribution in [1.82, 2.24) is 0 Å². The number of halogens is 1. The standard InChI is InChI=1S/C20H14BrNO3/c21-15-6-2-4-8-17(15)22-16-7-3-1-5-14(16)20(23)13-9-10-18-19(11-13)25-12-24-18/h1-11,22H,12H2. The maximum atomic E-state index is 13.0. The quantitative estimate of drug-likeness (QED) is 0.620. The lowest BCUT2D eigenvalue weighted by molar-refractivity contribution is 0.103.